The van der Waals surface area contributed by atoms with Gasteiger partial charge in [0.1, 0.15) is 5.75 Å². The molecule has 1 rings (SSSR count). The Kier molecular flexibility index (Phi) is 6.84. The van der Waals surface area contributed by atoms with E-state index < -0.39 is 0 Å². The fourth-order valence-electron chi connectivity index (χ4n) is 1.98. The molecular formula is C15H26N2O2. The van der Waals surface area contributed by atoms with Gasteiger partial charge in [-0.15, -0.1) is 0 Å². The van der Waals surface area contributed by atoms with Gasteiger partial charge in [-0.1, -0.05) is 19.1 Å². The predicted octanol–water partition coefficient (Wildman–Crippen LogP) is 1.75. The van der Waals surface area contributed by atoms with Gasteiger partial charge in [0.25, 0.3) is 0 Å². The van der Waals surface area contributed by atoms with E-state index in [4.69, 9.17) is 15.6 Å². The largest absolute Gasteiger partial charge is 0.491 e. The lowest BCUT2D eigenvalue weighted by molar-refractivity contribution is 0.196. The fraction of sp³-hybridized carbons (Fsp3) is 0.600. The molecular weight excluding hydrogens is 240 g/mol. The molecule has 0 saturated heterocycles. The van der Waals surface area contributed by atoms with Crippen LogP contribution in [0.2, 0.25) is 0 Å². The van der Waals surface area contributed by atoms with Gasteiger partial charge in [-0.3, -0.25) is 4.90 Å². The van der Waals surface area contributed by atoms with Crippen LogP contribution in [0.1, 0.15) is 31.9 Å². The lowest BCUT2D eigenvalue weighted by Crippen LogP contribution is -2.26. The highest BCUT2D eigenvalue weighted by Crippen LogP contribution is 2.22. The molecule has 4 nitrogen and oxygen atoms in total. The quantitative estimate of drug-likeness (QED) is 0.752. The number of hydrogen-bond donors (Lipinski definition) is 2. The molecule has 0 aromatic heterocycles. The van der Waals surface area contributed by atoms with Crippen molar-refractivity contribution in [3.63, 3.8) is 0 Å². The topological polar surface area (TPSA) is 58.7 Å². The summed E-state index contributed by atoms with van der Waals surface area (Å²) in [7, 11) is 0. The molecule has 1 aromatic carbocycles. The molecule has 4 heteroatoms. The Balaban J connectivity index is 2.84. The summed E-state index contributed by atoms with van der Waals surface area (Å²) in [6.45, 7) is 9.20. The first-order valence-electron chi connectivity index (χ1n) is 6.92. The number of nitrogens with zero attached hydrogens (tertiary/aromatic N) is 1. The zero-order valence-corrected chi connectivity index (χ0v) is 12.2. The molecule has 0 atom stereocenters. The zero-order chi connectivity index (χ0) is 14.3. The van der Waals surface area contributed by atoms with Crippen LogP contribution in [0, 0.1) is 0 Å². The molecule has 1 aromatic rings. The lowest BCUT2D eigenvalue weighted by Gasteiger charge is -2.20. The Hall–Kier alpha value is -1.10. The predicted molar refractivity (Wildman–Crippen MR) is 78.1 cm³/mol. The minimum atomic E-state index is 0.139. The van der Waals surface area contributed by atoms with Crippen LogP contribution in [0.15, 0.2) is 18.2 Å². The summed E-state index contributed by atoms with van der Waals surface area (Å²) < 4.78 is 5.80. The Labute approximate surface area is 116 Å². The summed E-state index contributed by atoms with van der Waals surface area (Å²) in [5.74, 6) is 0.870. The van der Waals surface area contributed by atoms with E-state index in [1.54, 1.807) is 0 Å². The zero-order valence-electron chi connectivity index (χ0n) is 12.2. The van der Waals surface area contributed by atoms with Crippen molar-refractivity contribution in [1.29, 1.82) is 0 Å². The molecule has 0 unspecified atom stereocenters. The summed E-state index contributed by atoms with van der Waals surface area (Å²) in [6, 6.07) is 6.16. The van der Waals surface area contributed by atoms with Crippen molar-refractivity contribution in [2.45, 2.75) is 40.0 Å². The van der Waals surface area contributed by atoms with Crippen LogP contribution in [0.4, 0.5) is 0 Å². The van der Waals surface area contributed by atoms with Crippen LogP contribution in [0.25, 0.3) is 0 Å². The highest BCUT2D eigenvalue weighted by molar-refractivity contribution is 5.37. The third-order valence-electron chi connectivity index (χ3n) is 2.98. The molecule has 19 heavy (non-hydrogen) atoms. The van der Waals surface area contributed by atoms with Crippen molar-refractivity contribution in [1.82, 2.24) is 4.90 Å². The number of ether oxygens (including phenoxy) is 1. The van der Waals surface area contributed by atoms with E-state index in [0.717, 1.165) is 24.4 Å². The van der Waals surface area contributed by atoms with Gasteiger partial charge in [-0.25, -0.2) is 0 Å². The van der Waals surface area contributed by atoms with Crippen LogP contribution in [-0.2, 0) is 13.1 Å². The number of hydrogen-bond acceptors (Lipinski definition) is 4. The standard InChI is InChI=1S/C15H26N2O2/c1-4-17(7-8-18)11-13-5-6-14(10-16)15(9-13)19-12(2)3/h5-6,9,12,18H,4,7-8,10-11,16H2,1-3H3. The van der Waals surface area contributed by atoms with Gasteiger partial charge in [0, 0.05) is 25.2 Å². The van der Waals surface area contributed by atoms with E-state index in [1.807, 2.05) is 19.9 Å². The molecule has 0 aliphatic rings. The van der Waals surface area contributed by atoms with Gasteiger partial charge < -0.3 is 15.6 Å². The second-order valence-corrected chi connectivity index (χ2v) is 4.91. The molecule has 0 spiro atoms. The molecule has 0 heterocycles. The van der Waals surface area contributed by atoms with Crippen LogP contribution in [-0.4, -0.2) is 35.8 Å². The van der Waals surface area contributed by atoms with Crippen molar-refractivity contribution in [2.75, 3.05) is 19.7 Å². The number of likely N-dealkylation sites (N-methyl/N-ethyl adjacent to an activating group) is 1. The van der Waals surface area contributed by atoms with Gasteiger partial charge in [0.05, 0.1) is 12.7 Å². The van der Waals surface area contributed by atoms with Gasteiger partial charge in [0.15, 0.2) is 0 Å². The molecule has 0 bridgehead atoms. The van der Waals surface area contributed by atoms with Crippen LogP contribution < -0.4 is 10.5 Å². The smallest absolute Gasteiger partial charge is 0.124 e. The Morgan fingerprint density at radius 1 is 1.37 bits per heavy atom. The Bertz CT molecular complexity index is 380. The van der Waals surface area contributed by atoms with Gasteiger partial charge in [-0.2, -0.15) is 0 Å². The molecule has 0 amide bonds. The molecule has 0 saturated carbocycles. The van der Waals surface area contributed by atoms with Crippen LogP contribution in [0.3, 0.4) is 0 Å². The van der Waals surface area contributed by atoms with E-state index >= 15 is 0 Å². The molecule has 108 valence electrons. The van der Waals surface area contributed by atoms with Crippen LogP contribution >= 0.6 is 0 Å². The Morgan fingerprint density at radius 3 is 2.63 bits per heavy atom. The number of rotatable bonds is 8. The number of benzene rings is 1. The SMILES string of the molecule is CCN(CCO)Cc1ccc(CN)c(OC(C)C)c1. The van der Waals surface area contributed by atoms with E-state index in [9.17, 15) is 0 Å². The van der Waals surface area contributed by atoms with Crippen LogP contribution in [0.5, 0.6) is 5.75 Å². The van der Waals surface area contributed by atoms with Crippen molar-refractivity contribution in [3.8, 4) is 5.75 Å². The number of aliphatic hydroxyl groups is 1. The molecule has 0 radical (unpaired) electrons. The minimum Gasteiger partial charge on any atom is -0.491 e. The Morgan fingerprint density at radius 2 is 2.11 bits per heavy atom. The summed E-state index contributed by atoms with van der Waals surface area (Å²) >= 11 is 0. The van der Waals surface area contributed by atoms with Crippen molar-refractivity contribution in [3.05, 3.63) is 29.3 Å². The normalized spacial score (nSPS) is 11.3. The molecule has 0 aliphatic carbocycles. The van der Waals surface area contributed by atoms with E-state index in [-0.39, 0.29) is 12.7 Å². The third-order valence-corrected chi connectivity index (χ3v) is 2.98. The maximum absolute atomic E-state index is 9.02. The summed E-state index contributed by atoms with van der Waals surface area (Å²) in [5.41, 5.74) is 7.94. The van der Waals surface area contributed by atoms with E-state index in [0.29, 0.717) is 13.1 Å². The van der Waals surface area contributed by atoms with E-state index in [2.05, 4.69) is 24.0 Å². The summed E-state index contributed by atoms with van der Waals surface area (Å²) in [4.78, 5) is 2.19. The summed E-state index contributed by atoms with van der Waals surface area (Å²) in [6.07, 6.45) is 0.139. The first kappa shape index (κ1) is 16.0. The maximum atomic E-state index is 9.02. The first-order valence-corrected chi connectivity index (χ1v) is 6.92. The average Bonchev–Trinajstić information content (AvgIpc) is 2.38. The third kappa shape index (κ3) is 5.19. The second-order valence-electron chi connectivity index (χ2n) is 4.91. The highest BCUT2D eigenvalue weighted by atomic mass is 16.5. The van der Waals surface area contributed by atoms with Crippen molar-refractivity contribution >= 4 is 0 Å². The van der Waals surface area contributed by atoms with Gasteiger partial charge in [0.2, 0.25) is 0 Å². The van der Waals surface area contributed by atoms with E-state index in [1.165, 1.54) is 5.56 Å². The minimum absolute atomic E-state index is 0.139. The summed E-state index contributed by atoms with van der Waals surface area (Å²) in [5, 5.41) is 9.02. The fourth-order valence-corrected chi connectivity index (χ4v) is 1.98. The second kappa shape index (κ2) is 8.15. The molecule has 0 aliphatic heterocycles. The molecule has 0 fully saturated rings. The highest BCUT2D eigenvalue weighted by Gasteiger charge is 2.08. The monoisotopic (exact) mass is 266 g/mol. The lowest BCUT2D eigenvalue weighted by atomic mass is 10.1. The van der Waals surface area contributed by atoms with Gasteiger partial charge >= 0.3 is 0 Å². The maximum Gasteiger partial charge on any atom is 0.124 e. The van der Waals surface area contributed by atoms with Crippen molar-refractivity contribution < 1.29 is 9.84 Å². The first-order chi connectivity index (χ1) is 9.10. The van der Waals surface area contributed by atoms with Gasteiger partial charge in [-0.05, 0) is 32.0 Å². The average molecular weight is 266 g/mol. The molecule has 3 N–H and O–H groups in total. The number of aliphatic hydroxyl groups excluding tert-OH is 1. The van der Waals surface area contributed by atoms with Crippen molar-refractivity contribution in [2.24, 2.45) is 5.73 Å². The number of nitrogens with two attached hydrogens (primary N) is 1.